The van der Waals surface area contributed by atoms with Crippen LogP contribution in [0.2, 0.25) is 0 Å². The molecule has 0 radical (unpaired) electrons. The molecule has 2 unspecified atom stereocenters. The maximum absolute atomic E-state index is 13.0. The van der Waals surface area contributed by atoms with Crippen LogP contribution in [0.4, 0.5) is 0 Å². The number of nitrogens with one attached hydrogen (secondary N) is 2. The maximum atomic E-state index is 13.0. The largest absolute Gasteiger partial charge is 0.383 e. The molecule has 0 saturated carbocycles. The average molecular weight is 439 g/mol. The zero-order valence-electron chi connectivity index (χ0n) is 19.7. The van der Waals surface area contributed by atoms with Gasteiger partial charge in [-0.1, -0.05) is 31.1 Å². The van der Waals surface area contributed by atoms with Gasteiger partial charge in [0, 0.05) is 42.4 Å². The molecule has 1 aliphatic heterocycles. The number of aromatic nitrogens is 2. The Morgan fingerprint density at radius 3 is 2.88 bits per heavy atom. The summed E-state index contributed by atoms with van der Waals surface area (Å²) in [6.45, 7) is 10.1. The molecule has 1 aromatic carbocycles. The van der Waals surface area contributed by atoms with E-state index in [1.807, 2.05) is 13.8 Å². The fourth-order valence-electron chi connectivity index (χ4n) is 4.79. The lowest BCUT2D eigenvalue weighted by molar-refractivity contribution is -0.123. The Morgan fingerprint density at radius 2 is 2.19 bits per heavy atom. The van der Waals surface area contributed by atoms with E-state index in [0.717, 1.165) is 23.4 Å². The summed E-state index contributed by atoms with van der Waals surface area (Å²) in [4.78, 5) is 13.0. The Balaban J connectivity index is 1.74. The van der Waals surface area contributed by atoms with Crippen molar-refractivity contribution in [2.24, 2.45) is 5.92 Å². The lowest BCUT2D eigenvalue weighted by Crippen LogP contribution is -2.47. The molecule has 172 valence electrons. The third kappa shape index (κ3) is 4.45. The average Bonchev–Trinajstić information content (AvgIpc) is 3.21. The van der Waals surface area contributed by atoms with Crippen LogP contribution in [-0.4, -0.2) is 41.9 Å². The zero-order valence-corrected chi connectivity index (χ0v) is 19.7. The molecule has 3 aromatic rings. The number of hydrogen-bond donors (Lipinski definition) is 2. The molecule has 3 heterocycles. The van der Waals surface area contributed by atoms with Gasteiger partial charge in [0.15, 0.2) is 0 Å². The van der Waals surface area contributed by atoms with Crippen LogP contribution in [0.5, 0.6) is 0 Å². The van der Waals surface area contributed by atoms with E-state index in [0.29, 0.717) is 32.0 Å². The number of aryl methyl sites for hydroxylation is 2. The number of carbonyl (C=O) groups is 1. The van der Waals surface area contributed by atoms with Crippen LogP contribution in [-0.2, 0) is 22.5 Å². The number of ether oxygens (including phenoxy) is 1. The van der Waals surface area contributed by atoms with Crippen molar-refractivity contribution in [1.29, 1.82) is 0 Å². The lowest BCUT2D eigenvalue weighted by Gasteiger charge is -2.25. The van der Waals surface area contributed by atoms with E-state index in [1.54, 1.807) is 7.11 Å². The van der Waals surface area contributed by atoms with Gasteiger partial charge in [-0.25, -0.2) is 0 Å². The molecule has 0 saturated heterocycles. The molecule has 4 rings (SSSR count). The number of nitrogens with zero attached hydrogens (tertiary/aromatic N) is 2. The molecular weight excluding hydrogens is 404 g/mol. The molecule has 2 atom stereocenters. The van der Waals surface area contributed by atoms with Crippen LogP contribution < -0.4 is 10.6 Å². The highest BCUT2D eigenvalue weighted by atomic mass is 16.5. The normalized spacial score (nSPS) is 18.3. The van der Waals surface area contributed by atoms with Gasteiger partial charge in [-0.2, -0.15) is 0 Å². The van der Waals surface area contributed by atoms with Crippen molar-refractivity contribution < 1.29 is 14.1 Å². The van der Waals surface area contributed by atoms with Crippen molar-refractivity contribution in [3.05, 3.63) is 52.5 Å². The van der Waals surface area contributed by atoms with Crippen LogP contribution in [0.25, 0.3) is 10.9 Å². The summed E-state index contributed by atoms with van der Waals surface area (Å²) >= 11 is 0. The van der Waals surface area contributed by atoms with Crippen molar-refractivity contribution in [2.75, 3.05) is 20.3 Å². The molecule has 2 aromatic heterocycles. The molecular formula is C25H34N4O3. The summed E-state index contributed by atoms with van der Waals surface area (Å²) in [6.07, 6.45) is 3.82. The monoisotopic (exact) mass is 438 g/mol. The van der Waals surface area contributed by atoms with E-state index in [9.17, 15) is 4.79 Å². The van der Waals surface area contributed by atoms with E-state index in [-0.39, 0.29) is 18.0 Å². The van der Waals surface area contributed by atoms with Crippen LogP contribution in [0, 0.1) is 19.8 Å². The van der Waals surface area contributed by atoms with Crippen molar-refractivity contribution in [3.63, 3.8) is 0 Å². The Morgan fingerprint density at radius 1 is 1.38 bits per heavy atom. The third-order valence-corrected chi connectivity index (χ3v) is 6.36. The van der Waals surface area contributed by atoms with Gasteiger partial charge < -0.3 is 19.1 Å². The standard InChI is InChI=1S/C25H34N4O3/c1-15(2)11-21-19-7-6-8-23-24(19)18(12-22(27-21)25(30)26-9-10-31-5)13-29(23)14-20-16(3)28-32-17(20)4/h6-8,13,15,21-22,27H,9-12,14H2,1-5H3,(H,26,30). The van der Waals surface area contributed by atoms with Gasteiger partial charge in [0.2, 0.25) is 5.91 Å². The van der Waals surface area contributed by atoms with E-state index in [2.05, 4.69) is 58.6 Å². The number of hydrogen-bond acceptors (Lipinski definition) is 5. The fourth-order valence-corrected chi connectivity index (χ4v) is 4.79. The number of carbonyl (C=O) groups excluding carboxylic acids is 1. The quantitative estimate of drug-likeness (QED) is 0.525. The highest BCUT2D eigenvalue weighted by molar-refractivity contribution is 5.90. The second-order valence-electron chi connectivity index (χ2n) is 9.22. The van der Waals surface area contributed by atoms with Crippen molar-refractivity contribution >= 4 is 16.8 Å². The lowest BCUT2D eigenvalue weighted by atomic mass is 9.94. The van der Waals surface area contributed by atoms with E-state index in [4.69, 9.17) is 9.26 Å². The molecule has 0 spiro atoms. The first kappa shape index (κ1) is 22.6. The number of methoxy groups -OCH3 is 1. The Bertz CT molecular complexity index is 1080. The second kappa shape index (κ2) is 9.46. The van der Waals surface area contributed by atoms with Crippen LogP contribution >= 0.6 is 0 Å². The molecule has 32 heavy (non-hydrogen) atoms. The van der Waals surface area contributed by atoms with Crippen LogP contribution in [0.15, 0.2) is 28.9 Å². The Hall–Kier alpha value is -2.64. The first-order chi connectivity index (χ1) is 15.4. The van der Waals surface area contributed by atoms with E-state index < -0.39 is 0 Å². The summed E-state index contributed by atoms with van der Waals surface area (Å²) in [6, 6.07) is 6.33. The maximum Gasteiger partial charge on any atom is 0.237 e. The topological polar surface area (TPSA) is 81.3 Å². The molecule has 0 bridgehead atoms. The fraction of sp³-hybridized carbons (Fsp3) is 0.520. The van der Waals surface area contributed by atoms with Crippen LogP contribution in [0.1, 0.15) is 54.5 Å². The first-order valence-corrected chi connectivity index (χ1v) is 11.4. The summed E-state index contributed by atoms with van der Waals surface area (Å²) in [7, 11) is 1.64. The molecule has 0 aliphatic carbocycles. The van der Waals surface area contributed by atoms with Gasteiger partial charge in [0.25, 0.3) is 0 Å². The zero-order chi connectivity index (χ0) is 22.8. The molecule has 1 amide bonds. The van der Waals surface area contributed by atoms with Crippen LogP contribution in [0.3, 0.4) is 0 Å². The SMILES string of the molecule is COCCNC(=O)C1Cc2cn(Cc3c(C)noc3C)c3cccc(c23)C(CC(C)C)N1. The van der Waals surface area contributed by atoms with Gasteiger partial charge in [-0.05, 0) is 49.8 Å². The van der Waals surface area contributed by atoms with E-state index >= 15 is 0 Å². The van der Waals surface area contributed by atoms with Gasteiger partial charge in [0.05, 0.1) is 24.9 Å². The predicted octanol–water partition coefficient (Wildman–Crippen LogP) is 3.66. The minimum atomic E-state index is -0.291. The summed E-state index contributed by atoms with van der Waals surface area (Å²) in [5.74, 6) is 1.38. The summed E-state index contributed by atoms with van der Waals surface area (Å²) in [5.41, 5.74) is 5.70. The number of amides is 1. The Kier molecular flexibility index (Phi) is 6.67. The van der Waals surface area contributed by atoms with Crippen molar-refractivity contribution in [3.8, 4) is 0 Å². The highest BCUT2D eigenvalue weighted by Gasteiger charge is 2.31. The minimum Gasteiger partial charge on any atom is -0.383 e. The summed E-state index contributed by atoms with van der Waals surface area (Å²) < 4.78 is 12.8. The van der Waals surface area contributed by atoms with E-state index in [1.165, 1.54) is 22.0 Å². The first-order valence-electron chi connectivity index (χ1n) is 11.4. The number of rotatable bonds is 8. The van der Waals surface area contributed by atoms with Gasteiger partial charge in [-0.3, -0.25) is 10.1 Å². The molecule has 7 heteroatoms. The van der Waals surface area contributed by atoms with Gasteiger partial charge >= 0.3 is 0 Å². The second-order valence-corrected chi connectivity index (χ2v) is 9.22. The molecule has 2 N–H and O–H groups in total. The van der Waals surface area contributed by atoms with Gasteiger partial charge in [-0.15, -0.1) is 0 Å². The smallest absolute Gasteiger partial charge is 0.237 e. The molecule has 7 nitrogen and oxygen atoms in total. The van der Waals surface area contributed by atoms with Crippen molar-refractivity contribution in [2.45, 2.75) is 59.2 Å². The molecule has 1 aliphatic rings. The predicted molar refractivity (Wildman–Crippen MR) is 125 cm³/mol. The minimum absolute atomic E-state index is 0.0234. The summed E-state index contributed by atoms with van der Waals surface area (Å²) in [5, 5.41) is 12.1. The third-order valence-electron chi connectivity index (χ3n) is 6.36. The Labute approximate surface area is 189 Å². The van der Waals surface area contributed by atoms with Crippen molar-refractivity contribution in [1.82, 2.24) is 20.4 Å². The number of benzene rings is 1. The van der Waals surface area contributed by atoms with Gasteiger partial charge in [0.1, 0.15) is 5.76 Å². The highest BCUT2D eigenvalue weighted by Crippen LogP contribution is 2.36. The molecule has 0 fully saturated rings.